The maximum atomic E-state index is 11.6. The zero-order valence-corrected chi connectivity index (χ0v) is 18.1. The second-order valence-electron chi connectivity index (χ2n) is 8.16. The second kappa shape index (κ2) is 8.51. The molecule has 1 heterocycles. The number of carboxylic acid groups (broad SMARTS) is 1. The van der Waals surface area contributed by atoms with E-state index in [1.54, 1.807) is 25.3 Å². The quantitative estimate of drug-likeness (QED) is 0.647. The van der Waals surface area contributed by atoms with E-state index in [1.165, 1.54) is 12.8 Å². The number of rotatable bonds is 7. The number of hydrogen-bond donors (Lipinski definition) is 2. The molecule has 1 aliphatic heterocycles. The van der Waals surface area contributed by atoms with E-state index in [9.17, 15) is 9.90 Å². The van der Waals surface area contributed by atoms with Crippen molar-refractivity contribution in [2.24, 2.45) is 0 Å². The van der Waals surface area contributed by atoms with Crippen LogP contribution in [0.4, 0.5) is 11.4 Å². The molecule has 0 aromatic heterocycles. The number of aromatic carboxylic acids is 1. The topological polar surface area (TPSA) is 80.3 Å². The van der Waals surface area contributed by atoms with Crippen LogP contribution in [-0.2, 0) is 4.84 Å². The van der Waals surface area contributed by atoms with Crippen LogP contribution in [0, 0.1) is 0 Å². The second-order valence-corrected chi connectivity index (χ2v) is 8.16. The summed E-state index contributed by atoms with van der Waals surface area (Å²) < 4.78 is 11.8. The van der Waals surface area contributed by atoms with Gasteiger partial charge in [0.1, 0.15) is 11.4 Å². The number of carboxylic acids is 1. The number of anilines is 2. The monoisotopic (exact) mass is 424 g/mol. The molecular formula is C24H28N2O5. The minimum atomic E-state index is -0.978. The number of carbonyl (C=O) groups is 1. The largest absolute Gasteiger partial charge is 0.493 e. The highest BCUT2D eigenvalue weighted by Crippen LogP contribution is 2.41. The van der Waals surface area contributed by atoms with Gasteiger partial charge in [0, 0.05) is 17.4 Å². The van der Waals surface area contributed by atoms with Gasteiger partial charge in [-0.1, -0.05) is 6.07 Å². The number of hydrogen-bond acceptors (Lipinski definition) is 6. The summed E-state index contributed by atoms with van der Waals surface area (Å²) in [5.41, 5.74) is 4.07. The van der Waals surface area contributed by atoms with Crippen molar-refractivity contribution < 1.29 is 24.2 Å². The zero-order valence-electron chi connectivity index (χ0n) is 18.1. The summed E-state index contributed by atoms with van der Waals surface area (Å²) in [5.74, 6) is 1.10. The van der Waals surface area contributed by atoms with Crippen molar-refractivity contribution in [1.29, 1.82) is 0 Å². The molecule has 1 atom stereocenters. The van der Waals surface area contributed by atoms with Crippen molar-refractivity contribution in [3.63, 3.8) is 0 Å². The van der Waals surface area contributed by atoms with Crippen LogP contribution < -0.4 is 19.9 Å². The molecule has 0 bridgehead atoms. The molecule has 1 aliphatic carbocycles. The first-order chi connectivity index (χ1) is 14.9. The average molecular weight is 424 g/mol. The normalized spacial score (nSPS) is 20.8. The molecule has 0 spiro atoms. The first-order valence-corrected chi connectivity index (χ1v) is 10.5. The highest BCUT2D eigenvalue weighted by molar-refractivity contribution is 5.89. The van der Waals surface area contributed by atoms with Crippen LogP contribution in [0.25, 0.3) is 0 Å². The van der Waals surface area contributed by atoms with Crippen molar-refractivity contribution in [2.75, 3.05) is 12.0 Å². The number of ether oxygens (including phenoxy) is 2. The van der Waals surface area contributed by atoms with Crippen LogP contribution in [0.3, 0.4) is 0 Å². The predicted octanol–water partition coefficient (Wildman–Crippen LogP) is 5.01. The summed E-state index contributed by atoms with van der Waals surface area (Å²) in [6, 6.07) is 12.6. The lowest BCUT2D eigenvalue weighted by Crippen LogP contribution is -2.50. The van der Waals surface area contributed by atoms with Crippen LogP contribution in [0.2, 0.25) is 0 Å². The van der Waals surface area contributed by atoms with Crippen LogP contribution in [-0.4, -0.2) is 30.0 Å². The lowest BCUT2D eigenvalue weighted by Gasteiger charge is -2.38. The first-order valence-electron chi connectivity index (χ1n) is 10.5. The average Bonchev–Trinajstić information content (AvgIpc) is 3.38. The number of allylic oxidation sites excluding steroid dienone is 1. The third-order valence-corrected chi connectivity index (χ3v) is 5.72. The molecule has 1 fully saturated rings. The maximum absolute atomic E-state index is 11.6. The van der Waals surface area contributed by atoms with Crippen LogP contribution in [0.5, 0.6) is 11.5 Å². The fraction of sp³-hybridized carbons (Fsp3) is 0.375. The molecule has 2 aromatic rings. The number of nitrogens with one attached hydrogen (secondary N) is 1. The molecule has 7 nitrogen and oxygen atoms in total. The highest BCUT2D eigenvalue weighted by atomic mass is 16.7. The fourth-order valence-corrected chi connectivity index (χ4v) is 4.29. The van der Waals surface area contributed by atoms with Crippen molar-refractivity contribution in [2.45, 2.75) is 51.3 Å². The van der Waals surface area contributed by atoms with E-state index in [4.69, 9.17) is 14.3 Å². The Morgan fingerprint density at radius 3 is 2.55 bits per heavy atom. The van der Waals surface area contributed by atoms with Gasteiger partial charge >= 0.3 is 5.97 Å². The van der Waals surface area contributed by atoms with E-state index < -0.39 is 11.6 Å². The Kier molecular flexibility index (Phi) is 5.78. The third-order valence-electron chi connectivity index (χ3n) is 5.72. The zero-order chi connectivity index (χ0) is 22.0. The summed E-state index contributed by atoms with van der Waals surface area (Å²) in [5, 5.41) is 9.50. The SMILES string of the molecule is COc1ccc(N(c2cccc(C(=O)O)c2)C2(C)C=C(C)ON2)cc1OC1CCCC1. The van der Waals surface area contributed by atoms with E-state index in [-0.39, 0.29) is 11.7 Å². The summed E-state index contributed by atoms with van der Waals surface area (Å²) in [4.78, 5) is 19.1. The standard InChI is InChI=1S/C24H28N2O5/c1-16-15-24(2,25-31-16)26(18-8-6-7-17(13-18)23(27)28)19-11-12-21(29-3)22(14-19)30-20-9-4-5-10-20/h6-8,11-15,20,25H,4-5,9-10H2,1-3H3,(H,27,28). The van der Waals surface area contributed by atoms with Gasteiger partial charge in [-0.05, 0) is 75.9 Å². The number of hydroxylamine groups is 1. The molecule has 4 rings (SSSR count). The number of nitrogens with zero attached hydrogens (tertiary/aromatic N) is 1. The molecule has 0 amide bonds. The van der Waals surface area contributed by atoms with E-state index in [0.717, 1.165) is 24.3 Å². The lowest BCUT2D eigenvalue weighted by atomic mass is 10.1. The van der Waals surface area contributed by atoms with Gasteiger partial charge in [-0.2, -0.15) is 0 Å². The van der Waals surface area contributed by atoms with E-state index >= 15 is 0 Å². The Balaban J connectivity index is 1.80. The Hall–Kier alpha value is -3.19. The van der Waals surface area contributed by atoms with Crippen molar-refractivity contribution >= 4 is 17.3 Å². The molecule has 1 saturated carbocycles. The minimum Gasteiger partial charge on any atom is -0.493 e. The van der Waals surface area contributed by atoms with Gasteiger partial charge in [0.2, 0.25) is 0 Å². The molecular weight excluding hydrogens is 396 g/mol. The van der Waals surface area contributed by atoms with Gasteiger partial charge in [0.25, 0.3) is 0 Å². The van der Waals surface area contributed by atoms with Gasteiger partial charge in [-0.3, -0.25) is 0 Å². The van der Waals surface area contributed by atoms with Crippen molar-refractivity contribution in [1.82, 2.24) is 5.48 Å². The smallest absolute Gasteiger partial charge is 0.335 e. The Morgan fingerprint density at radius 2 is 1.90 bits per heavy atom. The summed E-state index contributed by atoms with van der Waals surface area (Å²) in [6.45, 7) is 3.84. The molecule has 164 valence electrons. The fourth-order valence-electron chi connectivity index (χ4n) is 4.29. The van der Waals surface area contributed by atoms with Gasteiger partial charge < -0.3 is 24.3 Å². The van der Waals surface area contributed by atoms with Crippen molar-refractivity contribution in [3.8, 4) is 11.5 Å². The number of benzene rings is 2. The lowest BCUT2D eigenvalue weighted by molar-refractivity contribution is 0.0696. The van der Waals surface area contributed by atoms with E-state index in [0.29, 0.717) is 17.2 Å². The molecule has 1 unspecified atom stereocenters. The van der Waals surface area contributed by atoms with Crippen LogP contribution in [0.15, 0.2) is 54.3 Å². The molecule has 2 aromatic carbocycles. The summed E-state index contributed by atoms with van der Waals surface area (Å²) in [7, 11) is 1.63. The minimum absolute atomic E-state index is 0.179. The third kappa shape index (κ3) is 4.32. The molecule has 31 heavy (non-hydrogen) atoms. The maximum Gasteiger partial charge on any atom is 0.335 e. The Bertz CT molecular complexity index is 999. The molecule has 7 heteroatoms. The van der Waals surface area contributed by atoms with Gasteiger partial charge in [0.05, 0.1) is 18.8 Å². The predicted molar refractivity (Wildman–Crippen MR) is 118 cm³/mol. The van der Waals surface area contributed by atoms with E-state index in [2.05, 4.69) is 5.48 Å². The summed E-state index contributed by atoms with van der Waals surface area (Å²) in [6.07, 6.45) is 6.55. The van der Waals surface area contributed by atoms with E-state index in [1.807, 2.05) is 49.1 Å². The Labute approximate surface area is 182 Å². The van der Waals surface area contributed by atoms with Crippen LogP contribution >= 0.6 is 0 Å². The Morgan fingerprint density at radius 1 is 1.16 bits per heavy atom. The molecule has 0 saturated heterocycles. The first kappa shape index (κ1) is 21.1. The molecule has 2 aliphatic rings. The molecule has 2 N–H and O–H groups in total. The van der Waals surface area contributed by atoms with Crippen molar-refractivity contribution in [3.05, 3.63) is 59.9 Å². The van der Waals surface area contributed by atoms with Crippen LogP contribution in [0.1, 0.15) is 49.9 Å². The number of methoxy groups -OCH3 is 1. The van der Waals surface area contributed by atoms with Gasteiger partial charge in [-0.25, -0.2) is 4.79 Å². The summed E-state index contributed by atoms with van der Waals surface area (Å²) >= 11 is 0. The highest BCUT2D eigenvalue weighted by Gasteiger charge is 2.37. The molecule has 0 radical (unpaired) electrons. The van der Waals surface area contributed by atoms with Gasteiger partial charge in [0.15, 0.2) is 11.5 Å². The van der Waals surface area contributed by atoms with Gasteiger partial charge in [-0.15, -0.1) is 5.48 Å².